The van der Waals surface area contributed by atoms with E-state index in [2.05, 4.69) is 9.71 Å². The van der Waals surface area contributed by atoms with Gasteiger partial charge in [0.25, 0.3) is 0 Å². The third-order valence-corrected chi connectivity index (χ3v) is 5.50. The number of benzene rings is 1. The van der Waals surface area contributed by atoms with E-state index in [1.807, 2.05) is 52.5 Å². The van der Waals surface area contributed by atoms with Crippen LogP contribution in [-0.2, 0) is 22.9 Å². The highest BCUT2D eigenvalue weighted by Crippen LogP contribution is 2.11. The topological polar surface area (TPSA) is 63.5 Å². The number of thiazole rings is 1. The van der Waals surface area contributed by atoms with Crippen LogP contribution in [0.5, 0.6) is 0 Å². The summed E-state index contributed by atoms with van der Waals surface area (Å²) in [7, 11) is -3.25. The number of fused-ring (bicyclic) bond motifs is 1. The predicted molar refractivity (Wildman–Crippen MR) is 88.7 cm³/mol. The van der Waals surface area contributed by atoms with E-state index in [0.29, 0.717) is 19.4 Å². The van der Waals surface area contributed by atoms with Crippen molar-refractivity contribution in [3.8, 4) is 0 Å². The Labute approximate surface area is 133 Å². The Kier molecular flexibility index (Phi) is 4.56. The molecule has 0 amide bonds. The lowest BCUT2D eigenvalue weighted by atomic mass is 10.2. The van der Waals surface area contributed by atoms with Crippen LogP contribution < -0.4 is 4.72 Å². The maximum Gasteiger partial charge on any atom is 0.211 e. The Morgan fingerprint density at radius 2 is 2.00 bits per heavy atom. The molecule has 0 unspecified atom stereocenters. The van der Waals surface area contributed by atoms with Crippen molar-refractivity contribution in [2.45, 2.75) is 12.8 Å². The molecule has 1 aromatic carbocycles. The number of nitrogens with one attached hydrogen (secondary N) is 1. The summed E-state index contributed by atoms with van der Waals surface area (Å²) in [6.07, 6.45) is 5.00. The highest BCUT2D eigenvalue weighted by Gasteiger charge is 2.10. The van der Waals surface area contributed by atoms with Gasteiger partial charge in [-0.05, 0) is 12.0 Å². The number of sulfonamides is 1. The average molecular weight is 335 g/mol. The lowest BCUT2D eigenvalue weighted by Gasteiger charge is -2.06. The van der Waals surface area contributed by atoms with Gasteiger partial charge in [-0.3, -0.25) is 4.40 Å². The molecular formula is C15H17N3O2S2. The van der Waals surface area contributed by atoms with E-state index in [1.54, 1.807) is 11.3 Å². The first-order chi connectivity index (χ1) is 10.6. The van der Waals surface area contributed by atoms with Crippen LogP contribution in [-0.4, -0.2) is 30.1 Å². The quantitative estimate of drug-likeness (QED) is 0.719. The maximum absolute atomic E-state index is 12.0. The molecule has 7 heteroatoms. The zero-order valence-electron chi connectivity index (χ0n) is 12.0. The van der Waals surface area contributed by atoms with E-state index in [4.69, 9.17) is 0 Å². The lowest BCUT2D eigenvalue weighted by Crippen LogP contribution is -2.29. The molecule has 3 rings (SSSR count). The summed E-state index contributed by atoms with van der Waals surface area (Å²) in [5, 5.41) is 1.97. The van der Waals surface area contributed by atoms with Crippen molar-refractivity contribution < 1.29 is 8.42 Å². The number of imidazole rings is 1. The fourth-order valence-electron chi connectivity index (χ4n) is 2.20. The third-order valence-electron chi connectivity index (χ3n) is 3.35. The lowest BCUT2D eigenvalue weighted by molar-refractivity contribution is 0.580. The first kappa shape index (κ1) is 15.2. The van der Waals surface area contributed by atoms with Gasteiger partial charge in [0, 0.05) is 30.7 Å². The molecule has 0 aliphatic rings. The number of hydrogen-bond acceptors (Lipinski definition) is 4. The molecule has 22 heavy (non-hydrogen) atoms. The Hall–Kier alpha value is -1.70. The largest absolute Gasteiger partial charge is 0.297 e. The number of hydrogen-bond donors (Lipinski definition) is 1. The van der Waals surface area contributed by atoms with Crippen LogP contribution in [0.4, 0.5) is 0 Å². The highest BCUT2D eigenvalue weighted by molar-refractivity contribution is 7.89. The monoisotopic (exact) mass is 335 g/mol. The highest BCUT2D eigenvalue weighted by atomic mass is 32.2. The number of aromatic nitrogens is 2. The van der Waals surface area contributed by atoms with E-state index in [9.17, 15) is 8.42 Å². The van der Waals surface area contributed by atoms with E-state index in [0.717, 1.165) is 16.2 Å². The molecule has 5 nitrogen and oxygen atoms in total. The molecular weight excluding hydrogens is 318 g/mol. The maximum atomic E-state index is 12.0. The van der Waals surface area contributed by atoms with Crippen LogP contribution in [0.15, 0.2) is 48.1 Å². The van der Waals surface area contributed by atoms with Crippen LogP contribution in [0.1, 0.15) is 11.3 Å². The van der Waals surface area contributed by atoms with Crippen LogP contribution >= 0.6 is 11.3 Å². The van der Waals surface area contributed by atoms with Crippen molar-refractivity contribution in [1.82, 2.24) is 14.1 Å². The van der Waals surface area contributed by atoms with Crippen molar-refractivity contribution in [2.24, 2.45) is 0 Å². The normalized spacial score (nSPS) is 12.0. The molecule has 2 aromatic heterocycles. The molecule has 0 spiro atoms. The summed E-state index contributed by atoms with van der Waals surface area (Å²) >= 11 is 1.57. The fraction of sp³-hybridized carbons (Fsp3) is 0.267. The van der Waals surface area contributed by atoms with Crippen molar-refractivity contribution >= 4 is 26.3 Å². The molecule has 3 aromatic rings. The minimum Gasteiger partial charge on any atom is -0.297 e. The zero-order chi connectivity index (χ0) is 15.4. The van der Waals surface area contributed by atoms with Gasteiger partial charge in [0.1, 0.15) is 0 Å². The molecule has 0 atom stereocenters. The minimum absolute atomic E-state index is 0.106. The van der Waals surface area contributed by atoms with Crippen LogP contribution in [0, 0.1) is 0 Å². The molecule has 0 saturated heterocycles. The van der Waals surface area contributed by atoms with Crippen molar-refractivity contribution in [2.75, 3.05) is 12.3 Å². The summed E-state index contributed by atoms with van der Waals surface area (Å²) in [4.78, 5) is 5.36. The molecule has 116 valence electrons. The Morgan fingerprint density at radius 1 is 1.18 bits per heavy atom. The molecule has 2 heterocycles. The number of nitrogens with zero attached hydrogens (tertiary/aromatic N) is 2. The van der Waals surface area contributed by atoms with Gasteiger partial charge in [-0.15, -0.1) is 11.3 Å². The van der Waals surface area contributed by atoms with Gasteiger partial charge in [0.05, 0.1) is 11.4 Å². The Bertz CT molecular complexity index is 809. The second-order valence-corrected chi connectivity index (χ2v) is 7.82. The molecule has 1 N–H and O–H groups in total. The van der Waals surface area contributed by atoms with Crippen molar-refractivity contribution in [3.63, 3.8) is 0 Å². The first-order valence-electron chi connectivity index (χ1n) is 7.05. The summed E-state index contributed by atoms with van der Waals surface area (Å²) < 4.78 is 28.6. The summed E-state index contributed by atoms with van der Waals surface area (Å²) in [6, 6.07) is 9.63. The van der Waals surface area contributed by atoms with Crippen molar-refractivity contribution in [1.29, 1.82) is 0 Å². The SMILES string of the molecule is O=S(=O)(CCc1ccccc1)NCCc1cn2ccsc2n1. The second-order valence-electron chi connectivity index (χ2n) is 5.02. The molecule has 0 fully saturated rings. The van der Waals surface area contributed by atoms with Gasteiger partial charge in [-0.25, -0.2) is 18.1 Å². The smallest absolute Gasteiger partial charge is 0.211 e. The Balaban J connectivity index is 1.48. The van der Waals surface area contributed by atoms with Crippen LogP contribution in [0.3, 0.4) is 0 Å². The van der Waals surface area contributed by atoms with Gasteiger partial charge < -0.3 is 0 Å². The third kappa shape index (κ3) is 3.94. The van der Waals surface area contributed by atoms with Gasteiger partial charge in [-0.1, -0.05) is 30.3 Å². The van der Waals surface area contributed by atoms with Gasteiger partial charge >= 0.3 is 0 Å². The molecule has 0 aliphatic heterocycles. The summed E-state index contributed by atoms with van der Waals surface area (Å²) in [5.41, 5.74) is 1.93. The van der Waals surface area contributed by atoms with E-state index in [-0.39, 0.29) is 5.75 Å². The van der Waals surface area contributed by atoms with Gasteiger partial charge in [-0.2, -0.15) is 0 Å². The second kappa shape index (κ2) is 6.60. The van der Waals surface area contributed by atoms with E-state index >= 15 is 0 Å². The standard InChI is InChI=1S/C15H17N3O2S2/c19-22(20,11-7-13-4-2-1-3-5-13)16-8-6-14-12-18-9-10-21-15(18)17-14/h1-5,9-10,12,16H,6-8,11H2. The zero-order valence-corrected chi connectivity index (χ0v) is 13.6. The Morgan fingerprint density at radius 3 is 2.77 bits per heavy atom. The molecule has 0 bridgehead atoms. The predicted octanol–water partition coefficient (Wildman–Crippen LogP) is 2.10. The molecule has 0 saturated carbocycles. The van der Waals surface area contributed by atoms with Gasteiger partial charge in [0.2, 0.25) is 10.0 Å². The number of rotatable bonds is 7. The summed E-state index contributed by atoms with van der Waals surface area (Å²) in [5.74, 6) is 0.106. The average Bonchev–Trinajstić information content (AvgIpc) is 3.07. The van der Waals surface area contributed by atoms with Crippen LogP contribution in [0.2, 0.25) is 0 Å². The molecule has 0 radical (unpaired) electrons. The number of aryl methyl sites for hydroxylation is 1. The van der Waals surface area contributed by atoms with E-state index < -0.39 is 10.0 Å². The first-order valence-corrected chi connectivity index (χ1v) is 9.58. The van der Waals surface area contributed by atoms with Crippen LogP contribution in [0.25, 0.3) is 4.96 Å². The van der Waals surface area contributed by atoms with E-state index in [1.165, 1.54) is 0 Å². The van der Waals surface area contributed by atoms with Gasteiger partial charge in [0.15, 0.2) is 4.96 Å². The minimum atomic E-state index is -3.25. The fourth-order valence-corrected chi connectivity index (χ4v) is 3.98. The molecule has 0 aliphatic carbocycles. The van der Waals surface area contributed by atoms with Crippen molar-refractivity contribution in [3.05, 3.63) is 59.4 Å². The summed E-state index contributed by atoms with van der Waals surface area (Å²) in [6.45, 7) is 0.377.